The molecule has 110 valence electrons. The summed E-state index contributed by atoms with van der Waals surface area (Å²) in [7, 11) is 0. The number of benzene rings is 1. The maximum absolute atomic E-state index is 13.1. The fourth-order valence-corrected chi connectivity index (χ4v) is 2.43. The van der Waals surface area contributed by atoms with Crippen molar-refractivity contribution in [3.05, 3.63) is 29.6 Å². The number of carbonyl (C=O) groups excluding carboxylic acids is 1. The molecule has 1 aliphatic rings. The number of phenolic OH excluding ortho intramolecular Hbond substituents is 1. The van der Waals surface area contributed by atoms with Gasteiger partial charge >= 0.3 is 0 Å². The van der Waals surface area contributed by atoms with Crippen molar-refractivity contribution in [2.75, 3.05) is 13.1 Å². The lowest BCUT2D eigenvalue weighted by Gasteiger charge is -2.29. The zero-order chi connectivity index (χ0) is 14.5. The van der Waals surface area contributed by atoms with Crippen molar-refractivity contribution in [3.63, 3.8) is 0 Å². The van der Waals surface area contributed by atoms with Crippen LogP contribution in [0.3, 0.4) is 0 Å². The van der Waals surface area contributed by atoms with Crippen molar-refractivity contribution in [2.45, 2.75) is 38.8 Å². The standard InChI is InChI=1S/C15H21FN2O2/c1-11(15(20)18-7-3-2-4-8-18)17-10-12-9-13(16)5-6-14(12)19/h5-6,9,11,17,19H,2-4,7-8,10H2,1H3. The Kier molecular flexibility index (Phi) is 4.95. The van der Waals surface area contributed by atoms with Crippen molar-refractivity contribution in [3.8, 4) is 5.75 Å². The van der Waals surface area contributed by atoms with Gasteiger partial charge in [0, 0.05) is 25.2 Å². The highest BCUT2D eigenvalue weighted by molar-refractivity contribution is 5.81. The number of carbonyl (C=O) groups is 1. The summed E-state index contributed by atoms with van der Waals surface area (Å²) in [5, 5.41) is 12.7. The van der Waals surface area contributed by atoms with Crippen LogP contribution in [-0.4, -0.2) is 35.0 Å². The number of likely N-dealkylation sites (tertiary alicyclic amines) is 1. The molecule has 20 heavy (non-hydrogen) atoms. The molecule has 0 radical (unpaired) electrons. The maximum atomic E-state index is 13.1. The number of amides is 1. The van der Waals surface area contributed by atoms with E-state index in [1.807, 2.05) is 4.90 Å². The van der Waals surface area contributed by atoms with E-state index in [4.69, 9.17) is 0 Å². The molecule has 1 amide bonds. The number of phenols is 1. The lowest BCUT2D eigenvalue weighted by Crippen LogP contribution is -2.46. The van der Waals surface area contributed by atoms with E-state index in [1.54, 1.807) is 6.92 Å². The third-order valence-corrected chi connectivity index (χ3v) is 3.68. The zero-order valence-electron chi connectivity index (χ0n) is 11.7. The molecule has 1 heterocycles. The van der Waals surface area contributed by atoms with Gasteiger partial charge in [-0.15, -0.1) is 0 Å². The van der Waals surface area contributed by atoms with Gasteiger partial charge in [0.2, 0.25) is 5.91 Å². The Morgan fingerprint density at radius 1 is 1.40 bits per heavy atom. The van der Waals surface area contributed by atoms with Gasteiger partial charge in [-0.05, 0) is 44.4 Å². The number of rotatable bonds is 4. The predicted octanol–water partition coefficient (Wildman–Crippen LogP) is 2.02. The number of halogens is 1. The molecule has 2 rings (SSSR count). The van der Waals surface area contributed by atoms with Gasteiger partial charge in [0.25, 0.3) is 0 Å². The van der Waals surface area contributed by atoms with Crippen LogP contribution >= 0.6 is 0 Å². The Morgan fingerprint density at radius 2 is 2.10 bits per heavy atom. The monoisotopic (exact) mass is 280 g/mol. The third-order valence-electron chi connectivity index (χ3n) is 3.68. The second-order valence-electron chi connectivity index (χ2n) is 5.26. The summed E-state index contributed by atoms with van der Waals surface area (Å²) >= 11 is 0. The van der Waals surface area contributed by atoms with Crippen LogP contribution in [0.4, 0.5) is 4.39 Å². The van der Waals surface area contributed by atoms with E-state index in [-0.39, 0.29) is 24.2 Å². The first-order valence-corrected chi connectivity index (χ1v) is 7.07. The molecule has 0 aliphatic carbocycles. The number of hydrogen-bond donors (Lipinski definition) is 2. The van der Waals surface area contributed by atoms with E-state index < -0.39 is 5.82 Å². The van der Waals surface area contributed by atoms with Gasteiger partial charge in [-0.1, -0.05) is 0 Å². The topological polar surface area (TPSA) is 52.6 Å². The first kappa shape index (κ1) is 14.8. The van der Waals surface area contributed by atoms with Crippen LogP contribution in [0.1, 0.15) is 31.7 Å². The highest BCUT2D eigenvalue weighted by Crippen LogP contribution is 2.18. The maximum Gasteiger partial charge on any atom is 0.239 e. The summed E-state index contributed by atoms with van der Waals surface area (Å²) in [6, 6.07) is 3.47. The van der Waals surface area contributed by atoms with Crippen molar-refractivity contribution in [1.82, 2.24) is 10.2 Å². The van der Waals surface area contributed by atoms with Crippen LogP contribution in [0.2, 0.25) is 0 Å². The highest BCUT2D eigenvalue weighted by Gasteiger charge is 2.21. The summed E-state index contributed by atoms with van der Waals surface area (Å²) in [4.78, 5) is 14.1. The molecular formula is C15H21FN2O2. The molecule has 0 aromatic heterocycles. The Bertz CT molecular complexity index is 473. The van der Waals surface area contributed by atoms with Crippen LogP contribution in [0, 0.1) is 5.82 Å². The third kappa shape index (κ3) is 3.70. The SMILES string of the molecule is CC(NCc1cc(F)ccc1O)C(=O)N1CCCCC1. The van der Waals surface area contributed by atoms with Gasteiger partial charge in [-0.25, -0.2) is 4.39 Å². The van der Waals surface area contributed by atoms with Crippen LogP contribution in [0.25, 0.3) is 0 Å². The molecule has 4 nitrogen and oxygen atoms in total. The van der Waals surface area contributed by atoms with Gasteiger partial charge in [0.1, 0.15) is 11.6 Å². The number of piperidine rings is 1. The average molecular weight is 280 g/mol. The summed E-state index contributed by atoms with van der Waals surface area (Å²) in [5.41, 5.74) is 0.461. The Labute approximate surface area is 118 Å². The molecule has 1 aromatic carbocycles. The molecule has 1 unspecified atom stereocenters. The molecule has 2 N–H and O–H groups in total. The minimum Gasteiger partial charge on any atom is -0.508 e. The number of nitrogens with zero attached hydrogens (tertiary/aromatic N) is 1. The second kappa shape index (κ2) is 6.70. The van der Waals surface area contributed by atoms with E-state index >= 15 is 0 Å². The summed E-state index contributed by atoms with van der Waals surface area (Å²) in [6.07, 6.45) is 3.30. The smallest absolute Gasteiger partial charge is 0.239 e. The average Bonchev–Trinajstić information content (AvgIpc) is 2.48. The molecule has 0 bridgehead atoms. The number of hydrogen-bond acceptors (Lipinski definition) is 3. The molecule has 1 atom stereocenters. The van der Waals surface area contributed by atoms with E-state index in [1.165, 1.54) is 24.6 Å². The van der Waals surface area contributed by atoms with Crippen LogP contribution in [-0.2, 0) is 11.3 Å². The largest absolute Gasteiger partial charge is 0.508 e. The molecule has 1 saturated heterocycles. The van der Waals surface area contributed by atoms with E-state index in [0.717, 1.165) is 25.9 Å². The fraction of sp³-hybridized carbons (Fsp3) is 0.533. The van der Waals surface area contributed by atoms with Gasteiger partial charge < -0.3 is 15.3 Å². The second-order valence-corrected chi connectivity index (χ2v) is 5.26. The quantitative estimate of drug-likeness (QED) is 0.887. The van der Waals surface area contributed by atoms with Crippen LogP contribution < -0.4 is 5.32 Å². The van der Waals surface area contributed by atoms with Crippen molar-refractivity contribution in [1.29, 1.82) is 0 Å². The molecule has 5 heteroatoms. The first-order chi connectivity index (χ1) is 9.58. The lowest BCUT2D eigenvalue weighted by atomic mass is 10.1. The molecule has 1 fully saturated rings. The van der Waals surface area contributed by atoms with Gasteiger partial charge in [-0.3, -0.25) is 4.79 Å². The van der Waals surface area contributed by atoms with Gasteiger partial charge in [-0.2, -0.15) is 0 Å². The van der Waals surface area contributed by atoms with Gasteiger partial charge in [0.05, 0.1) is 6.04 Å². The lowest BCUT2D eigenvalue weighted by molar-refractivity contribution is -0.133. The van der Waals surface area contributed by atoms with Crippen molar-refractivity contribution in [2.24, 2.45) is 0 Å². The normalized spacial score (nSPS) is 17.0. The van der Waals surface area contributed by atoms with Crippen LogP contribution in [0.5, 0.6) is 5.75 Å². The predicted molar refractivity (Wildman–Crippen MR) is 74.8 cm³/mol. The Balaban J connectivity index is 1.89. The molecule has 1 aliphatic heterocycles. The van der Waals surface area contributed by atoms with Crippen LogP contribution in [0.15, 0.2) is 18.2 Å². The highest BCUT2D eigenvalue weighted by atomic mass is 19.1. The van der Waals surface area contributed by atoms with Crippen molar-refractivity contribution < 1.29 is 14.3 Å². The van der Waals surface area contributed by atoms with Crippen molar-refractivity contribution >= 4 is 5.91 Å². The Hall–Kier alpha value is -1.62. The molecule has 0 spiro atoms. The summed E-state index contributed by atoms with van der Waals surface area (Å²) < 4.78 is 13.1. The van der Waals surface area contributed by atoms with E-state index in [0.29, 0.717) is 5.56 Å². The molecule has 0 saturated carbocycles. The van der Waals surface area contributed by atoms with E-state index in [2.05, 4.69) is 5.32 Å². The minimum absolute atomic E-state index is 0.0384. The fourth-order valence-electron chi connectivity index (χ4n) is 2.43. The zero-order valence-corrected chi connectivity index (χ0v) is 11.7. The summed E-state index contributed by atoms with van der Waals surface area (Å²) in [5.74, 6) is -0.285. The number of nitrogens with one attached hydrogen (secondary N) is 1. The first-order valence-electron chi connectivity index (χ1n) is 7.07. The van der Waals surface area contributed by atoms with E-state index in [9.17, 15) is 14.3 Å². The number of aromatic hydroxyl groups is 1. The minimum atomic E-state index is -0.394. The van der Waals surface area contributed by atoms with Gasteiger partial charge in [0.15, 0.2) is 0 Å². The Morgan fingerprint density at radius 3 is 2.80 bits per heavy atom. The summed E-state index contributed by atoms with van der Waals surface area (Å²) in [6.45, 7) is 3.70. The molecular weight excluding hydrogens is 259 g/mol. The molecule has 1 aromatic rings.